The second-order valence-electron chi connectivity index (χ2n) is 4.12. The summed E-state index contributed by atoms with van der Waals surface area (Å²) in [7, 11) is 0. The van der Waals surface area contributed by atoms with Crippen molar-refractivity contribution in [2.75, 3.05) is 0 Å². The number of benzene rings is 1. The summed E-state index contributed by atoms with van der Waals surface area (Å²) in [5.41, 5.74) is 2.70. The zero-order valence-corrected chi connectivity index (χ0v) is 11.5. The van der Waals surface area contributed by atoms with Gasteiger partial charge in [0.25, 0.3) is 5.91 Å². The fourth-order valence-electron chi connectivity index (χ4n) is 1.77. The minimum atomic E-state index is -0.0313. The molecule has 0 spiro atoms. The van der Waals surface area contributed by atoms with Crippen molar-refractivity contribution < 1.29 is 4.79 Å². The number of nitriles is 1. The first-order chi connectivity index (χ1) is 9.24. The molecule has 0 saturated heterocycles. The van der Waals surface area contributed by atoms with Crippen LogP contribution in [0, 0.1) is 11.3 Å². The molecule has 0 radical (unpaired) electrons. The van der Waals surface area contributed by atoms with Gasteiger partial charge < -0.3 is 5.32 Å². The highest BCUT2D eigenvalue weighted by Crippen LogP contribution is 2.17. The van der Waals surface area contributed by atoms with E-state index in [1.54, 1.807) is 12.1 Å². The van der Waals surface area contributed by atoms with E-state index in [-0.39, 0.29) is 5.91 Å². The van der Waals surface area contributed by atoms with E-state index in [9.17, 15) is 4.79 Å². The van der Waals surface area contributed by atoms with E-state index >= 15 is 0 Å². The minimum absolute atomic E-state index is 0.0313. The smallest absolute Gasteiger partial charge is 0.261 e. The van der Waals surface area contributed by atoms with Gasteiger partial charge in [-0.1, -0.05) is 19.1 Å². The van der Waals surface area contributed by atoms with E-state index < -0.39 is 0 Å². The SMILES string of the molecule is CCc1ccsc1C(=O)NCc1ccc(C#N)cc1. The Labute approximate surface area is 116 Å². The van der Waals surface area contributed by atoms with Crippen molar-refractivity contribution in [2.24, 2.45) is 0 Å². The quantitative estimate of drug-likeness (QED) is 0.928. The maximum absolute atomic E-state index is 12.0. The van der Waals surface area contributed by atoms with Gasteiger partial charge in [-0.2, -0.15) is 5.26 Å². The molecule has 1 N–H and O–H groups in total. The molecule has 2 aromatic rings. The van der Waals surface area contributed by atoms with Gasteiger partial charge in [-0.25, -0.2) is 0 Å². The fourth-order valence-corrected chi connectivity index (χ4v) is 2.68. The standard InChI is InChI=1S/C15H14N2OS/c1-2-13-7-8-19-14(13)15(18)17-10-12-5-3-11(9-16)4-6-12/h3-8H,2,10H2,1H3,(H,17,18). The average Bonchev–Trinajstić information content (AvgIpc) is 2.93. The number of nitrogens with one attached hydrogen (secondary N) is 1. The molecule has 3 nitrogen and oxygen atoms in total. The van der Waals surface area contributed by atoms with E-state index in [2.05, 4.69) is 11.4 Å². The molecule has 0 saturated carbocycles. The topological polar surface area (TPSA) is 52.9 Å². The minimum Gasteiger partial charge on any atom is -0.347 e. The third-order valence-corrected chi connectivity index (χ3v) is 3.83. The van der Waals surface area contributed by atoms with Gasteiger partial charge >= 0.3 is 0 Å². The van der Waals surface area contributed by atoms with Gasteiger partial charge in [-0.3, -0.25) is 4.79 Å². The second-order valence-corrected chi connectivity index (χ2v) is 5.04. The van der Waals surface area contributed by atoms with E-state index in [1.165, 1.54) is 11.3 Å². The van der Waals surface area contributed by atoms with Crippen LogP contribution >= 0.6 is 11.3 Å². The molecular formula is C15H14N2OS. The lowest BCUT2D eigenvalue weighted by Gasteiger charge is -2.05. The molecular weight excluding hydrogens is 256 g/mol. The Morgan fingerprint density at radius 3 is 2.68 bits per heavy atom. The highest BCUT2D eigenvalue weighted by Gasteiger charge is 2.11. The van der Waals surface area contributed by atoms with Gasteiger partial charge in [-0.15, -0.1) is 11.3 Å². The molecule has 0 atom stereocenters. The Bertz CT molecular complexity index is 608. The number of carbonyl (C=O) groups is 1. The number of aryl methyl sites for hydroxylation is 1. The number of amides is 1. The second kappa shape index (κ2) is 6.17. The molecule has 96 valence electrons. The number of carbonyl (C=O) groups excluding carboxylic acids is 1. The predicted octanol–water partition coefficient (Wildman–Crippen LogP) is 3.11. The Balaban J connectivity index is 1.98. The van der Waals surface area contributed by atoms with Crippen LogP contribution in [-0.2, 0) is 13.0 Å². The Kier molecular flexibility index (Phi) is 4.32. The van der Waals surface area contributed by atoms with Crippen LogP contribution in [0.25, 0.3) is 0 Å². The van der Waals surface area contributed by atoms with Crippen LogP contribution in [0.5, 0.6) is 0 Å². The number of hydrogen-bond donors (Lipinski definition) is 1. The van der Waals surface area contributed by atoms with Gasteiger partial charge in [0.05, 0.1) is 16.5 Å². The first-order valence-corrected chi connectivity index (χ1v) is 6.96. The number of thiophene rings is 1. The summed E-state index contributed by atoms with van der Waals surface area (Å²) in [5, 5.41) is 13.6. The Morgan fingerprint density at radius 2 is 2.05 bits per heavy atom. The van der Waals surface area contributed by atoms with E-state index in [0.29, 0.717) is 12.1 Å². The van der Waals surface area contributed by atoms with Crippen molar-refractivity contribution in [3.8, 4) is 6.07 Å². The maximum Gasteiger partial charge on any atom is 0.261 e. The summed E-state index contributed by atoms with van der Waals surface area (Å²) in [4.78, 5) is 12.8. The Hall–Kier alpha value is -2.12. The van der Waals surface area contributed by atoms with Crippen molar-refractivity contribution in [3.05, 3.63) is 57.3 Å². The molecule has 0 unspecified atom stereocenters. The average molecular weight is 270 g/mol. The normalized spacial score (nSPS) is 9.89. The first-order valence-electron chi connectivity index (χ1n) is 6.08. The molecule has 1 aromatic heterocycles. The summed E-state index contributed by atoms with van der Waals surface area (Å²) in [6.45, 7) is 2.52. The molecule has 0 fully saturated rings. The van der Waals surface area contributed by atoms with E-state index in [4.69, 9.17) is 5.26 Å². The van der Waals surface area contributed by atoms with Crippen LogP contribution in [0.15, 0.2) is 35.7 Å². The molecule has 4 heteroatoms. The third-order valence-electron chi connectivity index (χ3n) is 2.87. The number of rotatable bonds is 4. The molecule has 2 rings (SSSR count). The zero-order chi connectivity index (χ0) is 13.7. The van der Waals surface area contributed by atoms with Gasteiger partial charge in [0.15, 0.2) is 0 Å². The van der Waals surface area contributed by atoms with Crippen molar-refractivity contribution in [1.82, 2.24) is 5.32 Å². The largest absolute Gasteiger partial charge is 0.347 e. The summed E-state index contributed by atoms with van der Waals surface area (Å²) in [6.07, 6.45) is 0.864. The van der Waals surface area contributed by atoms with Crippen LogP contribution in [0.2, 0.25) is 0 Å². The molecule has 0 aliphatic carbocycles. The van der Waals surface area contributed by atoms with Gasteiger partial charge in [0.1, 0.15) is 0 Å². The summed E-state index contributed by atoms with van der Waals surface area (Å²) in [6, 6.07) is 11.3. The van der Waals surface area contributed by atoms with Crippen LogP contribution in [0.1, 0.15) is 33.3 Å². The van der Waals surface area contributed by atoms with Crippen LogP contribution < -0.4 is 5.32 Å². The predicted molar refractivity (Wildman–Crippen MR) is 76.0 cm³/mol. The Morgan fingerprint density at radius 1 is 1.32 bits per heavy atom. The molecule has 0 aliphatic heterocycles. The summed E-state index contributed by atoms with van der Waals surface area (Å²) in [5.74, 6) is -0.0313. The molecule has 1 heterocycles. The molecule has 19 heavy (non-hydrogen) atoms. The van der Waals surface area contributed by atoms with Gasteiger partial charge in [0.2, 0.25) is 0 Å². The molecule has 1 aromatic carbocycles. The van der Waals surface area contributed by atoms with Crippen LogP contribution in [-0.4, -0.2) is 5.91 Å². The monoisotopic (exact) mass is 270 g/mol. The third kappa shape index (κ3) is 3.21. The highest BCUT2D eigenvalue weighted by atomic mass is 32.1. The summed E-state index contributed by atoms with van der Waals surface area (Å²) < 4.78 is 0. The van der Waals surface area contributed by atoms with Gasteiger partial charge in [0, 0.05) is 6.54 Å². The molecule has 1 amide bonds. The summed E-state index contributed by atoms with van der Waals surface area (Å²) >= 11 is 1.47. The lowest BCUT2D eigenvalue weighted by Crippen LogP contribution is -2.22. The zero-order valence-electron chi connectivity index (χ0n) is 10.6. The van der Waals surface area contributed by atoms with Crippen molar-refractivity contribution in [1.29, 1.82) is 5.26 Å². The van der Waals surface area contributed by atoms with Crippen molar-refractivity contribution in [3.63, 3.8) is 0 Å². The maximum atomic E-state index is 12.0. The molecule has 0 bridgehead atoms. The fraction of sp³-hybridized carbons (Fsp3) is 0.200. The number of nitrogens with zero attached hydrogens (tertiary/aromatic N) is 1. The van der Waals surface area contributed by atoms with Gasteiger partial charge in [-0.05, 0) is 41.1 Å². The van der Waals surface area contributed by atoms with Crippen LogP contribution in [0.4, 0.5) is 0 Å². The van der Waals surface area contributed by atoms with E-state index in [1.807, 2.05) is 30.5 Å². The van der Waals surface area contributed by atoms with Crippen molar-refractivity contribution >= 4 is 17.2 Å². The highest BCUT2D eigenvalue weighted by molar-refractivity contribution is 7.12. The molecule has 0 aliphatic rings. The lowest BCUT2D eigenvalue weighted by atomic mass is 10.1. The van der Waals surface area contributed by atoms with Crippen molar-refractivity contribution in [2.45, 2.75) is 19.9 Å². The van der Waals surface area contributed by atoms with Crippen LogP contribution in [0.3, 0.4) is 0 Å². The first kappa shape index (κ1) is 13.3. The lowest BCUT2D eigenvalue weighted by molar-refractivity contribution is 0.0954. The van der Waals surface area contributed by atoms with E-state index in [0.717, 1.165) is 22.4 Å². The number of hydrogen-bond acceptors (Lipinski definition) is 3.